The lowest BCUT2D eigenvalue weighted by Crippen LogP contribution is -2.48. The first-order valence-corrected chi connectivity index (χ1v) is 13.9. The van der Waals surface area contributed by atoms with Crippen molar-refractivity contribution in [2.45, 2.75) is 103 Å². The average Bonchev–Trinajstić information content (AvgIpc) is 3.50. The zero-order chi connectivity index (χ0) is 27.3. The minimum Gasteiger partial charge on any atom is -0.480 e. The van der Waals surface area contributed by atoms with Gasteiger partial charge in [-0.1, -0.05) is 48.9 Å². The van der Waals surface area contributed by atoms with Crippen molar-refractivity contribution in [3.63, 3.8) is 0 Å². The molecule has 2 saturated carbocycles. The van der Waals surface area contributed by atoms with Crippen molar-refractivity contribution in [1.29, 1.82) is 0 Å². The summed E-state index contributed by atoms with van der Waals surface area (Å²) in [4.78, 5) is 26.4. The first kappa shape index (κ1) is 27.9. The molecule has 2 fully saturated rings. The fourth-order valence-electron chi connectivity index (χ4n) is 5.54. The van der Waals surface area contributed by atoms with Crippen molar-refractivity contribution in [3.05, 3.63) is 59.4 Å². The van der Waals surface area contributed by atoms with Gasteiger partial charge in [0.25, 0.3) is 0 Å². The van der Waals surface area contributed by atoms with Gasteiger partial charge in [-0.3, -0.25) is 9.48 Å². The minimum absolute atomic E-state index is 0.131. The van der Waals surface area contributed by atoms with Crippen molar-refractivity contribution in [1.82, 2.24) is 20.0 Å². The van der Waals surface area contributed by atoms with E-state index in [0.717, 1.165) is 44.1 Å². The van der Waals surface area contributed by atoms with Crippen LogP contribution in [0.2, 0.25) is 0 Å². The van der Waals surface area contributed by atoms with Crippen LogP contribution in [-0.2, 0) is 22.6 Å². The Bertz CT molecular complexity index is 1110. The number of nitrogens with one attached hydrogen (secondary N) is 1. The molecule has 0 radical (unpaired) electrons. The zero-order valence-electron chi connectivity index (χ0n) is 23.1. The molecule has 0 spiro atoms. The third-order valence-electron chi connectivity index (χ3n) is 7.42. The number of benzene rings is 1. The molecule has 2 atom stereocenters. The van der Waals surface area contributed by atoms with Crippen LogP contribution in [0.15, 0.2) is 48.3 Å². The molecule has 0 aliphatic heterocycles. The second-order valence-electron chi connectivity index (χ2n) is 11.6. The molecule has 0 bridgehead atoms. The highest BCUT2D eigenvalue weighted by Crippen LogP contribution is 2.46. The Morgan fingerprint density at radius 3 is 2.53 bits per heavy atom. The lowest BCUT2D eigenvalue weighted by molar-refractivity contribution is -0.137. The summed E-state index contributed by atoms with van der Waals surface area (Å²) in [5.41, 5.74) is 3.05. The zero-order valence-corrected chi connectivity index (χ0v) is 23.1. The monoisotopic (exact) mass is 522 g/mol. The Morgan fingerprint density at radius 2 is 1.89 bits per heavy atom. The fourth-order valence-corrected chi connectivity index (χ4v) is 5.54. The molecule has 2 unspecified atom stereocenters. The number of ether oxygens (including phenoxy) is 1. The van der Waals surface area contributed by atoms with Crippen LogP contribution in [0.3, 0.4) is 0 Å². The number of hydrogen-bond acceptors (Lipinski definition) is 5. The average molecular weight is 523 g/mol. The van der Waals surface area contributed by atoms with Crippen molar-refractivity contribution >= 4 is 18.1 Å². The molecule has 38 heavy (non-hydrogen) atoms. The molecule has 8 heteroatoms. The van der Waals surface area contributed by atoms with E-state index in [0.29, 0.717) is 18.5 Å². The molecule has 2 aliphatic rings. The van der Waals surface area contributed by atoms with E-state index >= 15 is 0 Å². The molecule has 206 valence electrons. The van der Waals surface area contributed by atoms with E-state index in [1.54, 1.807) is 12.4 Å². The molecular formula is C30H42N4O4. The lowest BCUT2D eigenvalue weighted by atomic mass is 9.89. The molecule has 1 aromatic heterocycles. The number of rotatable bonds is 10. The number of aromatic nitrogens is 2. The van der Waals surface area contributed by atoms with Gasteiger partial charge in [-0.2, -0.15) is 5.10 Å². The smallest absolute Gasteiger partial charge is 0.410 e. The summed E-state index contributed by atoms with van der Waals surface area (Å²) in [7, 11) is 0. The molecule has 0 saturated heterocycles. The first-order chi connectivity index (χ1) is 18.1. The molecular weight excluding hydrogens is 480 g/mol. The van der Waals surface area contributed by atoms with E-state index in [1.807, 2.05) is 26.8 Å². The van der Waals surface area contributed by atoms with Gasteiger partial charge in [0.15, 0.2) is 0 Å². The number of aliphatic carboxylic acids is 1. The molecule has 4 rings (SSSR count). The molecule has 1 heterocycles. The van der Waals surface area contributed by atoms with Crippen LogP contribution >= 0.6 is 0 Å². The second kappa shape index (κ2) is 12.2. The Morgan fingerprint density at radius 1 is 1.18 bits per heavy atom. The molecule has 2 aromatic rings. The SMILES string of the molecule is CCC(=Cc1ccccc1)C1CC1N(C(=O)OC(C)(C)C)C1CCC(NCc2cnn(CC(=O)O)c2)CC1. The van der Waals surface area contributed by atoms with Crippen molar-refractivity contribution in [2.75, 3.05) is 0 Å². The maximum atomic E-state index is 13.4. The third-order valence-corrected chi connectivity index (χ3v) is 7.42. The van der Waals surface area contributed by atoms with Gasteiger partial charge in [-0.05, 0) is 64.9 Å². The Hall–Kier alpha value is -3.13. The summed E-state index contributed by atoms with van der Waals surface area (Å²) in [5.74, 6) is -0.522. The highest BCUT2D eigenvalue weighted by atomic mass is 16.6. The Kier molecular flexibility index (Phi) is 8.92. The van der Waals surface area contributed by atoms with Crippen LogP contribution in [0.4, 0.5) is 4.79 Å². The first-order valence-electron chi connectivity index (χ1n) is 13.9. The molecule has 2 N–H and O–H groups in total. The van der Waals surface area contributed by atoms with Crippen LogP contribution in [0, 0.1) is 5.92 Å². The van der Waals surface area contributed by atoms with Crippen LogP contribution in [0.5, 0.6) is 0 Å². The summed E-state index contributed by atoms with van der Waals surface area (Å²) in [6, 6.07) is 11.1. The van der Waals surface area contributed by atoms with Gasteiger partial charge in [0.2, 0.25) is 0 Å². The van der Waals surface area contributed by atoms with Gasteiger partial charge < -0.3 is 20.1 Å². The van der Waals surface area contributed by atoms with Gasteiger partial charge in [-0.25, -0.2) is 4.79 Å². The number of amides is 1. The number of hydrogen-bond donors (Lipinski definition) is 2. The van der Waals surface area contributed by atoms with E-state index < -0.39 is 11.6 Å². The van der Waals surface area contributed by atoms with Crippen LogP contribution in [-0.4, -0.2) is 55.6 Å². The summed E-state index contributed by atoms with van der Waals surface area (Å²) < 4.78 is 7.34. The molecule has 1 amide bonds. The minimum atomic E-state index is -0.903. The second-order valence-corrected chi connectivity index (χ2v) is 11.6. The van der Waals surface area contributed by atoms with E-state index in [2.05, 4.69) is 52.6 Å². The highest BCUT2D eigenvalue weighted by Gasteiger charge is 2.49. The Labute approximate surface area is 226 Å². The number of carboxylic acid groups (broad SMARTS) is 1. The summed E-state index contributed by atoms with van der Waals surface area (Å²) in [6.45, 7) is 8.51. The van der Waals surface area contributed by atoms with E-state index in [4.69, 9.17) is 9.84 Å². The molecule has 2 aliphatic carbocycles. The van der Waals surface area contributed by atoms with Gasteiger partial charge >= 0.3 is 12.1 Å². The molecule has 1 aromatic carbocycles. The van der Waals surface area contributed by atoms with Crippen LogP contribution in [0.25, 0.3) is 6.08 Å². The quantitative estimate of drug-likeness (QED) is 0.428. The van der Waals surface area contributed by atoms with Crippen molar-refractivity contribution < 1.29 is 19.4 Å². The third kappa shape index (κ3) is 7.69. The normalized spacial score (nSPS) is 23.6. The van der Waals surface area contributed by atoms with Crippen LogP contribution < -0.4 is 5.32 Å². The van der Waals surface area contributed by atoms with Gasteiger partial charge in [-0.15, -0.1) is 0 Å². The van der Waals surface area contributed by atoms with Crippen molar-refractivity contribution in [3.8, 4) is 0 Å². The maximum absolute atomic E-state index is 13.4. The van der Waals surface area contributed by atoms with Gasteiger partial charge in [0.05, 0.1) is 6.20 Å². The standard InChI is InChI=1S/C30H42N4O4/c1-5-23(15-21-9-7-6-8-10-21)26-16-27(26)34(29(37)38-30(2,3)4)25-13-11-24(12-14-25)31-17-22-18-32-33(19-22)20-28(35)36/h6-10,15,18-19,24-27,31H,5,11-14,16-17,20H2,1-4H3,(H,35,36). The predicted molar refractivity (Wildman–Crippen MR) is 147 cm³/mol. The highest BCUT2D eigenvalue weighted by molar-refractivity contribution is 5.70. The fraction of sp³-hybridized carbons (Fsp3) is 0.567. The summed E-state index contributed by atoms with van der Waals surface area (Å²) in [5, 5.41) is 16.6. The number of carboxylic acids is 1. The van der Waals surface area contributed by atoms with E-state index in [-0.39, 0.29) is 24.7 Å². The topological polar surface area (TPSA) is 96.7 Å². The van der Waals surface area contributed by atoms with Gasteiger partial charge in [0.1, 0.15) is 12.1 Å². The number of carbonyl (C=O) groups excluding carboxylic acids is 1. The summed E-state index contributed by atoms with van der Waals surface area (Å²) in [6.07, 6.45) is 11.4. The van der Waals surface area contributed by atoms with E-state index in [9.17, 15) is 9.59 Å². The molecule has 8 nitrogen and oxygen atoms in total. The predicted octanol–water partition coefficient (Wildman–Crippen LogP) is 5.49. The number of nitrogens with zero attached hydrogens (tertiary/aromatic N) is 3. The largest absolute Gasteiger partial charge is 0.480 e. The Balaban J connectivity index is 1.37. The van der Waals surface area contributed by atoms with Gasteiger partial charge in [0, 0.05) is 42.3 Å². The maximum Gasteiger partial charge on any atom is 0.410 e. The lowest BCUT2D eigenvalue weighted by Gasteiger charge is -2.38. The van der Waals surface area contributed by atoms with E-state index in [1.165, 1.54) is 15.8 Å². The van der Waals surface area contributed by atoms with Crippen LogP contribution in [0.1, 0.15) is 77.3 Å². The number of carbonyl (C=O) groups is 2. The summed E-state index contributed by atoms with van der Waals surface area (Å²) >= 11 is 0. The van der Waals surface area contributed by atoms with Crippen molar-refractivity contribution in [2.24, 2.45) is 5.92 Å².